The van der Waals surface area contributed by atoms with Gasteiger partial charge in [-0.15, -0.1) is 0 Å². The van der Waals surface area contributed by atoms with Gasteiger partial charge in [0, 0.05) is 6.04 Å². The molecule has 1 amide bonds. The number of ether oxygens (including phenoxy) is 1. The zero-order chi connectivity index (χ0) is 17.0. The number of hydrogen-bond donors (Lipinski definition) is 1. The van der Waals surface area contributed by atoms with Crippen LogP contribution >= 0.6 is 0 Å². The number of carbonyl (C=O) groups is 2. The van der Waals surface area contributed by atoms with Crippen molar-refractivity contribution in [2.45, 2.75) is 65.5 Å². The maximum atomic E-state index is 12.3. The second-order valence-electron chi connectivity index (χ2n) is 6.67. The van der Waals surface area contributed by atoms with Crippen molar-refractivity contribution in [2.75, 3.05) is 0 Å². The Morgan fingerprint density at radius 2 is 1.91 bits per heavy atom. The quantitative estimate of drug-likeness (QED) is 0.864. The Bertz CT molecular complexity index is 582. The van der Waals surface area contributed by atoms with Crippen LogP contribution in [0.25, 0.3) is 0 Å². The molecule has 1 saturated carbocycles. The summed E-state index contributed by atoms with van der Waals surface area (Å²) in [7, 11) is 0. The standard InChI is InChI=1S/C19H27NO3/c1-12-9-7-10-16(14(12)3)19(22)23-15(4)18(21)20-17-11-6-5-8-13(17)2/h7,9-10,13,15,17H,5-6,8,11H2,1-4H3,(H,20,21)/t13-,15-,17+/m0/s1. The van der Waals surface area contributed by atoms with Crippen LogP contribution in [0.3, 0.4) is 0 Å². The highest BCUT2D eigenvalue weighted by Crippen LogP contribution is 2.24. The monoisotopic (exact) mass is 317 g/mol. The fraction of sp³-hybridized carbons (Fsp3) is 0.579. The summed E-state index contributed by atoms with van der Waals surface area (Å²) in [4.78, 5) is 24.6. The number of carbonyl (C=O) groups excluding carboxylic acids is 2. The Labute approximate surface area is 138 Å². The highest BCUT2D eigenvalue weighted by atomic mass is 16.5. The van der Waals surface area contributed by atoms with E-state index < -0.39 is 12.1 Å². The molecule has 126 valence electrons. The fourth-order valence-corrected chi connectivity index (χ4v) is 3.08. The van der Waals surface area contributed by atoms with Gasteiger partial charge in [-0.05, 0) is 56.7 Å². The lowest BCUT2D eigenvalue weighted by molar-refractivity contribution is -0.130. The number of hydrogen-bond acceptors (Lipinski definition) is 3. The molecule has 1 aliphatic rings. The predicted molar refractivity (Wildman–Crippen MR) is 90.4 cm³/mol. The van der Waals surface area contributed by atoms with Gasteiger partial charge >= 0.3 is 5.97 Å². The molecule has 1 aromatic rings. The minimum Gasteiger partial charge on any atom is -0.449 e. The van der Waals surface area contributed by atoms with Crippen LogP contribution in [-0.2, 0) is 9.53 Å². The first-order valence-corrected chi connectivity index (χ1v) is 8.47. The molecule has 23 heavy (non-hydrogen) atoms. The smallest absolute Gasteiger partial charge is 0.339 e. The summed E-state index contributed by atoms with van der Waals surface area (Å²) < 4.78 is 5.36. The summed E-state index contributed by atoms with van der Waals surface area (Å²) in [6, 6.07) is 5.71. The van der Waals surface area contributed by atoms with Gasteiger partial charge in [-0.3, -0.25) is 4.79 Å². The van der Waals surface area contributed by atoms with Gasteiger partial charge in [0.1, 0.15) is 0 Å². The van der Waals surface area contributed by atoms with Gasteiger partial charge in [0.15, 0.2) is 6.10 Å². The minimum absolute atomic E-state index is 0.193. The van der Waals surface area contributed by atoms with Gasteiger partial charge in [-0.2, -0.15) is 0 Å². The number of rotatable bonds is 4. The van der Waals surface area contributed by atoms with Gasteiger partial charge in [0.05, 0.1) is 5.56 Å². The molecule has 0 aromatic heterocycles. The molecule has 3 atom stereocenters. The maximum Gasteiger partial charge on any atom is 0.339 e. The van der Waals surface area contributed by atoms with Crippen molar-refractivity contribution in [3.63, 3.8) is 0 Å². The van der Waals surface area contributed by atoms with Crippen molar-refractivity contribution >= 4 is 11.9 Å². The molecule has 1 aromatic carbocycles. The molecular formula is C19H27NO3. The number of aryl methyl sites for hydroxylation is 1. The van der Waals surface area contributed by atoms with E-state index >= 15 is 0 Å². The highest BCUT2D eigenvalue weighted by Gasteiger charge is 2.26. The molecule has 1 fully saturated rings. The first kappa shape index (κ1) is 17.5. The molecule has 0 aliphatic heterocycles. The van der Waals surface area contributed by atoms with E-state index in [1.807, 2.05) is 26.0 Å². The SMILES string of the molecule is Cc1cccc(C(=O)O[C@@H](C)C(=O)N[C@@H]2CCCC[C@@H]2C)c1C. The van der Waals surface area contributed by atoms with Gasteiger partial charge in [0.25, 0.3) is 5.91 Å². The lowest BCUT2D eigenvalue weighted by atomic mass is 9.86. The van der Waals surface area contributed by atoms with E-state index in [0.717, 1.165) is 30.4 Å². The van der Waals surface area contributed by atoms with E-state index in [-0.39, 0.29) is 11.9 Å². The van der Waals surface area contributed by atoms with E-state index in [1.165, 1.54) is 6.42 Å². The Morgan fingerprint density at radius 3 is 2.61 bits per heavy atom. The van der Waals surface area contributed by atoms with Gasteiger partial charge in [-0.25, -0.2) is 4.79 Å². The third kappa shape index (κ3) is 4.34. The highest BCUT2D eigenvalue weighted by molar-refractivity contribution is 5.93. The van der Waals surface area contributed by atoms with E-state index in [9.17, 15) is 9.59 Å². The topological polar surface area (TPSA) is 55.4 Å². The van der Waals surface area contributed by atoms with Crippen LogP contribution in [0.5, 0.6) is 0 Å². The Morgan fingerprint density at radius 1 is 1.22 bits per heavy atom. The molecule has 1 aliphatic carbocycles. The first-order valence-electron chi connectivity index (χ1n) is 8.47. The Balaban J connectivity index is 1.95. The fourth-order valence-electron chi connectivity index (χ4n) is 3.08. The molecule has 0 heterocycles. The Hall–Kier alpha value is -1.84. The third-order valence-electron chi connectivity index (χ3n) is 4.92. The molecule has 0 radical (unpaired) electrons. The van der Waals surface area contributed by atoms with E-state index in [1.54, 1.807) is 13.0 Å². The average Bonchev–Trinajstić information content (AvgIpc) is 2.52. The molecular weight excluding hydrogens is 290 g/mol. The number of amides is 1. The number of nitrogens with one attached hydrogen (secondary N) is 1. The van der Waals surface area contributed by atoms with Crippen molar-refractivity contribution in [3.8, 4) is 0 Å². The maximum absolute atomic E-state index is 12.3. The second kappa shape index (κ2) is 7.62. The molecule has 4 nitrogen and oxygen atoms in total. The van der Waals surface area contributed by atoms with Crippen LogP contribution in [0.1, 0.15) is 61.0 Å². The van der Waals surface area contributed by atoms with Gasteiger partial charge < -0.3 is 10.1 Å². The summed E-state index contributed by atoms with van der Waals surface area (Å²) in [6.45, 7) is 7.63. The van der Waals surface area contributed by atoms with Crippen molar-refractivity contribution in [1.29, 1.82) is 0 Å². The summed E-state index contributed by atoms with van der Waals surface area (Å²) in [5.74, 6) is -0.164. The zero-order valence-corrected chi connectivity index (χ0v) is 14.5. The largest absolute Gasteiger partial charge is 0.449 e. The van der Waals surface area contributed by atoms with E-state index in [0.29, 0.717) is 11.5 Å². The average molecular weight is 317 g/mol. The number of benzene rings is 1. The lowest BCUT2D eigenvalue weighted by Gasteiger charge is -2.30. The predicted octanol–water partition coefficient (Wildman–Crippen LogP) is 3.54. The van der Waals surface area contributed by atoms with Crippen LogP contribution in [0.2, 0.25) is 0 Å². The van der Waals surface area contributed by atoms with Gasteiger partial charge in [0.2, 0.25) is 0 Å². The lowest BCUT2D eigenvalue weighted by Crippen LogP contribution is -2.46. The molecule has 0 spiro atoms. The molecule has 1 N–H and O–H groups in total. The van der Waals surface area contributed by atoms with Crippen LogP contribution in [-0.4, -0.2) is 24.0 Å². The van der Waals surface area contributed by atoms with Crippen molar-refractivity contribution in [3.05, 3.63) is 34.9 Å². The van der Waals surface area contributed by atoms with Crippen molar-refractivity contribution < 1.29 is 14.3 Å². The minimum atomic E-state index is -0.781. The first-order chi connectivity index (χ1) is 10.9. The van der Waals surface area contributed by atoms with Crippen LogP contribution in [0.15, 0.2) is 18.2 Å². The third-order valence-corrected chi connectivity index (χ3v) is 4.92. The van der Waals surface area contributed by atoms with Crippen LogP contribution < -0.4 is 5.32 Å². The summed E-state index contributed by atoms with van der Waals surface area (Å²) in [6.07, 6.45) is 3.74. The molecule has 0 bridgehead atoms. The van der Waals surface area contributed by atoms with Crippen LogP contribution in [0, 0.1) is 19.8 Å². The Kier molecular flexibility index (Phi) is 5.80. The van der Waals surface area contributed by atoms with E-state index in [4.69, 9.17) is 4.74 Å². The molecule has 2 rings (SSSR count). The molecule has 0 unspecified atom stereocenters. The van der Waals surface area contributed by atoms with Crippen molar-refractivity contribution in [1.82, 2.24) is 5.32 Å². The van der Waals surface area contributed by atoms with Gasteiger partial charge in [-0.1, -0.05) is 31.9 Å². The summed E-state index contributed by atoms with van der Waals surface area (Å²) in [5, 5.41) is 3.04. The second-order valence-corrected chi connectivity index (χ2v) is 6.67. The molecule has 4 heteroatoms. The number of esters is 1. The summed E-state index contributed by atoms with van der Waals surface area (Å²) >= 11 is 0. The molecule has 0 saturated heterocycles. The van der Waals surface area contributed by atoms with Crippen molar-refractivity contribution in [2.24, 2.45) is 5.92 Å². The van der Waals surface area contributed by atoms with Crippen LogP contribution in [0.4, 0.5) is 0 Å². The zero-order valence-electron chi connectivity index (χ0n) is 14.5. The summed E-state index contributed by atoms with van der Waals surface area (Å²) in [5.41, 5.74) is 2.45. The van der Waals surface area contributed by atoms with E-state index in [2.05, 4.69) is 12.2 Å². The normalized spacial score (nSPS) is 22.3.